The van der Waals surface area contributed by atoms with E-state index in [2.05, 4.69) is 16.9 Å². The van der Waals surface area contributed by atoms with Crippen LogP contribution in [-0.2, 0) is 6.54 Å². The fraction of sp³-hybridized carbons (Fsp3) is 0.700. The predicted molar refractivity (Wildman–Crippen MR) is 53.9 cm³/mol. The van der Waals surface area contributed by atoms with Crippen LogP contribution in [0.25, 0.3) is 0 Å². The molecule has 1 aliphatic rings. The number of aromatic nitrogens is 2. The quantitative estimate of drug-likeness (QED) is 0.740. The average Bonchev–Trinajstić information content (AvgIpc) is 2.63. The highest BCUT2D eigenvalue weighted by Crippen LogP contribution is 2.22. The van der Waals surface area contributed by atoms with Crippen molar-refractivity contribution in [3.8, 4) is 0 Å². The molecule has 0 spiro atoms. The smallest absolute Gasteiger partial charge is 0.0946 e. The summed E-state index contributed by atoms with van der Waals surface area (Å²) >= 11 is 0. The van der Waals surface area contributed by atoms with Crippen LogP contribution in [0.1, 0.15) is 12.8 Å². The average molecular weight is 195 g/mol. The van der Waals surface area contributed by atoms with Crippen molar-refractivity contribution in [1.82, 2.24) is 14.5 Å². The van der Waals surface area contributed by atoms with Crippen molar-refractivity contribution in [1.29, 1.82) is 0 Å². The molecule has 4 nitrogen and oxygen atoms in total. The topological polar surface area (TPSA) is 41.3 Å². The van der Waals surface area contributed by atoms with E-state index in [1.807, 2.05) is 10.8 Å². The second-order valence-corrected chi connectivity index (χ2v) is 4.26. The van der Waals surface area contributed by atoms with Gasteiger partial charge in [0.1, 0.15) is 0 Å². The lowest BCUT2D eigenvalue weighted by Crippen LogP contribution is -2.45. The molecule has 78 valence electrons. The number of imidazole rings is 1. The van der Waals surface area contributed by atoms with Gasteiger partial charge in [-0.3, -0.25) is 0 Å². The second-order valence-electron chi connectivity index (χ2n) is 4.26. The Morgan fingerprint density at radius 1 is 1.43 bits per heavy atom. The van der Waals surface area contributed by atoms with Crippen LogP contribution >= 0.6 is 0 Å². The van der Waals surface area contributed by atoms with E-state index in [4.69, 9.17) is 0 Å². The Kier molecular flexibility index (Phi) is 2.56. The highest BCUT2D eigenvalue weighted by atomic mass is 16.3. The molecule has 2 rings (SSSR count). The maximum atomic E-state index is 10.3. The zero-order valence-electron chi connectivity index (χ0n) is 8.56. The predicted octanol–water partition coefficient (Wildman–Crippen LogP) is 0.340. The Hall–Kier alpha value is -0.870. The fourth-order valence-corrected chi connectivity index (χ4v) is 1.91. The molecule has 1 N–H and O–H groups in total. The van der Waals surface area contributed by atoms with E-state index < -0.39 is 5.60 Å². The van der Waals surface area contributed by atoms with Crippen molar-refractivity contribution in [3.63, 3.8) is 0 Å². The van der Waals surface area contributed by atoms with Gasteiger partial charge in [0.2, 0.25) is 0 Å². The third-order valence-electron chi connectivity index (χ3n) is 2.95. The van der Waals surface area contributed by atoms with E-state index in [-0.39, 0.29) is 0 Å². The van der Waals surface area contributed by atoms with Crippen LogP contribution in [0.2, 0.25) is 0 Å². The SMILES string of the molecule is CN1CCC(O)(Cn2ccnc2)CC1. The number of rotatable bonds is 2. The minimum atomic E-state index is -0.535. The first kappa shape index (κ1) is 9.68. The summed E-state index contributed by atoms with van der Waals surface area (Å²) < 4.78 is 1.95. The Labute approximate surface area is 84.2 Å². The van der Waals surface area contributed by atoms with Crippen molar-refractivity contribution in [2.45, 2.75) is 25.0 Å². The molecule has 0 atom stereocenters. The van der Waals surface area contributed by atoms with Gasteiger partial charge in [0.25, 0.3) is 0 Å². The maximum absolute atomic E-state index is 10.3. The van der Waals surface area contributed by atoms with Crippen molar-refractivity contribution in [3.05, 3.63) is 18.7 Å². The highest BCUT2D eigenvalue weighted by Gasteiger charge is 2.31. The minimum absolute atomic E-state index is 0.535. The monoisotopic (exact) mass is 195 g/mol. The minimum Gasteiger partial charge on any atom is -0.388 e. The first-order valence-electron chi connectivity index (χ1n) is 5.05. The molecule has 1 saturated heterocycles. The Balaban J connectivity index is 1.96. The van der Waals surface area contributed by atoms with Crippen molar-refractivity contribution >= 4 is 0 Å². The molecule has 0 amide bonds. The fourth-order valence-electron chi connectivity index (χ4n) is 1.91. The largest absolute Gasteiger partial charge is 0.388 e. The summed E-state index contributed by atoms with van der Waals surface area (Å²) in [5, 5.41) is 10.3. The van der Waals surface area contributed by atoms with Crippen molar-refractivity contribution in [2.75, 3.05) is 20.1 Å². The molecule has 2 heterocycles. The van der Waals surface area contributed by atoms with E-state index in [1.165, 1.54) is 0 Å². The molecular weight excluding hydrogens is 178 g/mol. The highest BCUT2D eigenvalue weighted by molar-refractivity contribution is 4.87. The van der Waals surface area contributed by atoms with Crippen molar-refractivity contribution < 1.29 is 5.11 Å². The van der Waals surface area contributed by atoms with Crippen LogP contribution < -0.4 is 0 Å². The van der Waals surface area contributed by atoms with Crippen LogP contribution in [-0.4, -0.2) is 45.3 Å². The molecule has 0 aliphatic carbocycles. The van der Waals surface area contributed by atoms with Crippen molar-refractivity contribution in [2.24, 2.45) is 0 Å². The zero-order chi connectivity index (χ0) is 10.0. The normalized spacial score (nSPS) is 22.4. The molecule has 0 bridgehead atoms. The van der Waals surface area contributed by atoms with Crippen LogP contribution in [0, 0.1) is 0 Å². The summed E-state index contributed by atoms with van der Waals surface area (Å²) in [5.41, 5.74) is -0.535. The van der Waals surface area contributed by atoms with Crippen LogP contribution in [0.5, 0.6) is 0 Å². The molecule has 14 heavy (non-hydrogen) atoms. The number of likely N-dealkylation sites (tertiary alicyclic amines) is 1. The third-order valence-corrected chi connectivity index (χ3v) is 2.95. The number of piperidine rings is 1. The number of nitrogens with zero attached hydrogens (tertiary/aromatic N) is 3. The number of hydrogen-bond acceptors (Lipinski definition) is 3. The Bertz CT molecular complexity index is 276. The summed E-state index contributed by atoms with van der Waals surface area (Å²) in [7, 11) is 2.09. The molecule has 0 aromatic carbocycles. The first-order valence-corrected chi connectivity index (χ1v) is 5.05. The van der Waals surface area contributed by atoms with Gasteiger partial charge in [-0.05, 0) is 19.9 Å². The molecule has 1 aliphatic heterocycles. The van der Waals surface area contributed by atoms with E-state index in [0.29, 0.717) is 6.54 Å². The van der Waals surface area contributed by atoms with E-state index >= 15 is 0 Å². The molecule has 4 heteroatoms. The molecular formula is C10H17N3O. The summed E-state index contributed by atoms with van der Waals surface area (Å²) in [6.45, 7) is 2.62. The zero-order valence-corrected chi connectivity index (χ0v) is 8.56. The molecule has 1 aromatic rings. The van der Waals surface area contributed by atoms with Gasteiger partial charge in [0.15, 0.2) is 0 Å². The lowest BCUT2D eigenvalue weighted by molar-refractivity contribution is -0.0290. The van der Waals surface area contributed by atoms with E-state index in [9.17, 15) is 5.11 Å². The van der Waals surface area contributed by atoms with Gasteiger partial charge in [-0.15, -0.1) is 0 Å². The van der Waals surface area contributed by atoms with Gasteiger partial charge in [-0.2, -0.15) is 0 Å². The van der Waals surface area contributed by atoms with Gasteiger partial charge in [-0.1, -0.05) is 0 Å². The van der Waals surface area contributed by atoms with Crippen LogP contribution in [0.4, 0.5) is 0 Å². The van der Waals surface area contributed by atoms with Gasteiger partial charge >= 0.3 is 0 Å². The second kappa shape index (κ2) is 3.71. The van der Waals surface area contributed by atoms with Gasteiger partial charge in [0, 0.05) is 25.5 Å². The molecule has 1 fully saturated rings. The standard InChI is InChI=1S/C10H17N3O/c1-12-5-2-10(14,3-6-12)8-13-7-4-11-9-13/h4,7,9,14H,2-3,5-6,8H2,1H3. The van der Waals surface area contributed by atoms with Crippen LogP contribution in [0.3, 0.4) is 0 Å². The van der Waals surface area contributed by atoms with Crippen LogP contribution in [0.15, 0.2) is 18.7 Å². The lowest BCUT2D eigenvalue weighted by Gasteiger charge is -2.36. The number of aliphatic hydroxyl groups is 1. The molecule has 0 radical (unpaired) electrons. The Morgan fingerprint density at radius 3 is 2.71 bits per heavy atom. The molecule has 0 unspecified atom stereocenters. The molecule has 1 aromatic heterocycles. The lowest BCUT2D eigenvalue weighted by atomic mass is 9.91. The Morgan fingerprint density at radius 2 is 2.14 bits per heavy atom. The third kappa shape index (κ3) is 2.13. The van der Waals surface area contributed by atoms with Gasteiger partial charge in [-0.25, -0.2) is 4.98 Å². The van der Waals surface area contributed by atoms with Gasteiger partial charge < -0.3 is 14.6 Å². The van der Waals surface area contributed by atoms with E-state index in [0.717, 1.165) is 25.9 Å². The molecule has 0 saturated carbocycles. The maximum Gasteiger partial charge on any atom is 0.0946 e. The summed E-state index contributed by atoms with van der Waals surface area (Å²) in [5.74, 6) is 0. The summed E-state index contributed by atoms with van der Waals surface area (Å²) in [6, 6.07) is 0. The number of hydrogen-bond donors (Lipinski definition) is 1. The summed E-state index contributed by atoms with van der Waals surface area (Å²) in [6.07, 6.45) is 7.11. The first-order chi connectivity index (χ1) is 6.68. The summed E-state index contributed by atoms with van der Waals surface area (Å²) in [4.78, 5) is 6.23. The van der Waals surface area contributed by atoms with E-state index in [1.54, 1.807) is 12.5 Å². The van der Waals surface area contributed by atoms with Gasteiger partial charge in [0.05, 0.1) is 18.5 Å².